The van der Waals surface area contributed by atoms with Crippen LogP contribution in [-0.2, 0) is 6.42 Å². The molecule has 1 saturated carbocycles. The van der Waals surface area contributed by atoms with Crippen molar-refractivity contribution in [3.63, 3.8) is 0 Å². The molecule has 3 unspecified atom stereocenters. The minimum absolute atomic E-state index is 0.0327. The number of hydrogen-bond acceptors (Lipinski definition) is 4. The molecule has 1 aromatic carbocycles. The first kappa shape index (κ1) is 19.8. The Morgan fingerprint density at radius 3 is 2.93 bits per heavy atom. The Bertz CT molecular complexity index is 751. The van der Waals surface area contributed by atoms with Gasteiger partial charge in [0, 0.05) is 36.4 Å². The molecule has 0 spiro atoms. The molecule has 3 rings (SSSR count). The second-order valence-corrected chi connectivity index (χ2v) is 7.65. The summed E-state index contributed by atoms with van der Waals surface area (Å²) in [4.78, 5) is 4.28. The summed E-state index contributed by atoms with van der Waals surface area (Å²) in [6, 6.07) is 11.8. The third kappa shape index (κ3) is 4.86. The number of aromatic nitrogens is 1. The lowest BCUT2D eigenvalue weighted by Crippen LogP contribution is -2.40. The van der Waals surface area contributed by atoms with Crippen LogP contribution in [0, 0.1) is 6.92 Å². The van der Waals surface area contributed by atoms with Crippen LogP contribution in [0.3, 0.4) is 0 Å². The van der Waals surface area contributed by atoms with Crippen molar-refractivity contribution < 1.29 is 0 Å². The summed E-state index contributed by atoms with van der Waals surface area (Å²) in [6.07, 6.45) is 7.47. The minimum atomic E-state index is 0.0327. The van der Waals surface area contributed by atoms with Crippen molar-refractivity contribution in [1.82, 2.24) is 15.4 Å². The average molecular weight is 368 g/mol. The Labute approximate surface area is 163 Å². The third-order valence-electron chi connectivity index (χ3n) is 5.63. The number of aliphatic imine (C=N–C) groups is 1. The monoisotopic (exact) mass is 367 g/mol. The number of hydrogen-bond donors (Lipinski definition) is 3. The van der Waals surface area contributed by atoms with Gasteiger partial charge in [-0.25, -0.2) is 4.99 Å². The summed E-state index contributed by atoms with van der Waals surface area (Å²) in [5.41, 5.74) is 17.0. The SMILES string of the molecule is C=Nc1c(C(N)CC)ccn1C1CCC(NNCCc2cccc(C)c2)C1. The summed E-state index contributed by atoms with van der Waals surface area (Å²) >= 11 is 0. The molecule has 1 aromatic heterocycles. The van der Waals surface area contributed by atoms with Crippen LogP contribution in [0.15, 0.2) is 41.5 Å². The molecule has 3 atom stereocenters. The smallest absolute Gasteiger partial charge is 0.136 e. The first-order chi connectivity index (χ1) is 13.1. The molecule has 0 radical (unpaired) electrons. The van der Waals surface area contributed by atoms with Gasteiger partial charge in [0.15, 0.2) is 0 Å². The van der Waals surface area contributed by atoms with Crippen LogP contribution in [0.2, 0.25) is 0 Å². The molecule has 1 heterocycles. The van der Waals surface area contributed by atoms with Crippen LogP contribution < -0.4 is 16.6 Å². The van der Waals surface area contributed by atoms with Gasteiger partial charge in [-0.05, 0) is 57.4 Å². The van der Waals surface area contributed by atoms with Gasteiger partial charge in [-0.1, -0.05) is 36.8 Å². The topological polar surface area (TPSA) is 67.4 Å². The van der Waals surface area contributed by atoms with Crippen LogP contribution >= 0.6 is 0 Å². The van der Waals surface area contributed by atoms with E-state index in [1.54, 1.807) is 0 Å². The first-order valence-corrected chi connectivity index (χ1v) is 10.1. The Hall–Kier alpha value is -1.95. The van der Waals surface area contributed by atoms with Gasteiger partial charge in [0.05, 0.1) is 0 Å². The van der Waals surface area contributed by atoms with Gasteiger partial charge in [-0.2, -0.15) is 0 Å². The molecule has 1 aliphatic carbocycles. The summed E-state index contributed by atoms with van der Waals surface area (Å²) in [6.45, 7) is 8.95. The summed E-state index contributed by atoms with van der Waals surface area (Å²) in [5, 5.41) is 0. The molecule has 4 N–H and O–H groups in total. The zero-order valence-electron chi connectivity index (χ0n) is 16.6. The van der Waals surface area contributed by atoms with E-state index in [9.17, 15) is 0 Å². The predicted octanol–water partition coefficient (Wildman–Crippen LogP) is 3.97. The zero-order valence-corrected chi connectivity index (χ0v) is 16.6. The summed E-state index contributed by atoms with van der Waals surface area (Å²) in [7, 11) is 0. The van der Waals surface area contributed by atoms with Gasteiger partial charge >= 0.3 is 0 Å². The Morgan fingerprint density at radius 1 is 1.33 bits per heavy atom. The van der Waals surface area contributed by atoms with E-state index in [1.807, 2.05) is 0 Å². The highest BCUT2D eigenvalue weighted by molar-refractivity contribution is 5.49. The van der Waals surface area contributed by atoms with Crippen molar-refractivity contribution >= 4 is 12.5 Å². The fraction of sp³-hybridized carbons (Fsp3) is 0.500. The summed E-state index contributed by atoms with van der Waals surface area (Å²) < 4.78 is 2.27. The molecule has 0 bridgehead atoms. The van der Waals surface area contributed by atoms with Crippen molar-refractivity contribution in [2.24, 2.45) is 10.7 Å². The lowest BCUT2D eigenvalue weighted by molar-refractivity contribution is 0.419. The van der Waals surface area contributed by atoms with Gasteiger partial charge in [0.25, 0.3) is 0 Å². The molecule has 1 aliphatic rings. The normalized spacial score (nSPS) is 20.7. The average Bonchev–Trinajstić information content (AvgIpc) is 3.31. The number of aryl methyl sites for hydroxylation is 1. The van der Waals surface area contributed by atoms with Gasteiger partial charge in [-0.15, -0.1) is 0 Å². The van der Waals surface area contributed by atoms with Gasteiger partial charge < -0.3 is 10.3 Å². The van der Waals surface area contributed by atoms with E-state index in [0.29, 0.717) is 12.1 Å². The number of nitrogens with zero attached hydrogens (tertiary/aromatic N) is 2. The van der Waals surface area contributed by atoms with E-state index in [1.165, 1.54) is 11.1 Å². The maximum absolute atomic E-state index is 6.22. The maximum atomic E-state index is 6.22. The van der Waals surface area contributed by atoms with Gasteiger partial charge in [-0.3, -0.25) is 10.9 Å². The lowest BCUT2D eigenvalue weighted by Gasteiger charge is -2.18. The van der Waals surface area contributed by atoms with Crippen LogP contribution in [0.4, 0.5) is 5.82 Å². The number of benzene rings is 1. The number of rotatable bonds is 9. The van der Waals surface area contributed by atoms with Crippen LogP contribution in [0.1, 0.15) is 61.4 Å². The summed E-state index contributed by atoms with van der Waals surface area (Å²) in [5.74, 6) is 0.947. The molecule has 0 amide bonds. The second kappa shape index (κ2) is 9.31. The molecule has 0 saturated heterocycles. The van der Waals surface area contributed by atoms with Crippen molar-refractivity contribution in [3.8, 4) is 0 Å². The Kier molecular flexibility index (Phi) is 6.83. The fourth-order valence-electron chi connectivity index (χ4n) is 4.06. The Balaban J connectivity index is 1.49. The number of nitrogens with one attached hydrogen (secondary N) is 2. The highest BCUT2D eigenvalue weighted by Crippen LogP contribution is 2.37. The molecule has 5 heteroatoms. The minimum Gasteiger partial charge on any atom is -0.330 e. The number of hydrazine groups is 1. The van der Waals surface area contributed by atoms with E-state index in [0.717, 1.165) is 50.0 Å². The maximum Gasteiger partial charge on any atom is 0.136 e. The largest absolute Gasteiger partial charge is 0.330 e. The lowest BCUT2D eigenvalue weighted by atomic mass is 10.1. The predicted molar refractivity (Wildman–Crippen MR) is 114 cm³/mol. The molecule has 0 aliphatic heterocycles. The van der Waals surface area contributed by atoms with Crippen molar-refractivity contribution in [2.75, 3.05) is 6.54 Å². The third-order valence-corrected chi connectivity index (χ3v) is 5.63. The molecule has 2 aromatic rings. The number of nitrogens with two attached hydrogens (primary N) is 1. The molecule has 146 valence electrons. The molecule has 1 fully saturated rings. The molecular formula is C22H33N5. The quantitative estimate of drug-likeness (QED) is 0.357. The van der Waals surface area contributed by atoms with Gasteiger partial charge in [0.1, 0.15) is 5.82 Å². The second-order valence-electron chi connectivity index (χ2n) is 7.65. The van der Waals surface area contributed by atoms with Crippen LogP contribution in [0.25, 0.3) is 0 Å². The standard InChI is InChI=1S/C22H33N5/c1-4-21(23)20-11-13-27(22(20)24-3)19-9-8-18(15-19)26-25-12-10-17-7-5-6-16(2)14-17/h5-7,11,13-14,18-19,21,25-26H,3-4,8-10,12,15,23H2,1-2H3. The highest BCUT2D eigenvalue weighted by atomic mass is 15.4. The molecule has 5 nitrogen and oxygen atoms in total. The molecular weight excluding hydrogens is 334 g/mol. The zero-order chi connectivity index (χ0) is 19.2. The van der Waals surface area contributed by atoms with Gasteiger partial charge in [0.2, 0.25) is 0 Å². The fourth-order valence-corrected chi connectivity index (χ4v) is 4.06. The van der Waals surface area contributed by atoms with Crippen molar-refractivity contribution in [2.45, 2.75) is 64.1 Å². The molecule has 27 heavy (non-hydrogen) atoms. The van der Waals surface area contributed by atoms with Crippen molar-refractivity contribution in [1.29, 1.82) is 0 Å². The van der Waals surface area contributed by atoms with E-state index < -0.39 is 0 Å². The first-order valence-electron chi connectivity index (χ1n) is 10.1. The van der Waals surface area contributed by atoms with Crippen molar-refractivity contribution in [3.05, 3.63) is 53.2 Å². The van der Waals surface area contributed by atoms with E-state index in [4.69, 9.17) is 5.73 Å². The van der Waals surface area contributed by atoms with Crippen LogP contribution in [0.5, 0.6) is 0 Å². The van der Waals surface area contributed by atoms with E-state index >= 15 is 0 Å². The van der Waals surface area contributed by atoms with E-state index in [-0.39, 0.29) is 6.04 Å². The van der Waals surface area contributed by atoms with Crippen LogP contribution in [-0.4, -0.2) is 23.9 Å². The highest BCUT2D eigenvalue weighted by Gasteiger charge is 2.28. The Morgan fingerprint density at radius 2 is 2.19 bits per heavy atom. The van der Waals surface area contributed by atoms with E-state index in [2.05, 4.69) is 77.5 Å².